The molecule has 134 valence electrons. The lowest BCUT2D eigenvalue weighted by atomic mass is 10.0. The van der Waals surface area contributed by atoms with Gasteiger partial charge < -0.3 is 10.2 Å². The van der Waals surface area contributed by atoms with E-state index in [9.17, 15) is 22.8 Å². The normalized spacial score (nSPS) is 27.0. The molecule has 3 rings (SSSR count). The van der Waals surface area contributed by atoms with Gasteiger partial charge >= 0.3 is 16.4 Å². The van der Waals surface area contributed by atoms with Gasteiger partial charge in [0.25, 0.3) is 5.91 Å². The summed E-state index contributed by atoms with van der Waals surface area (Å²) >= 11 is 0. The Kier molecular flexibility index (Phi) is 4.33. The van der Waals surface area contributed by atoms with Crippen LogP contribution in [0.25, 0.3) is 0 Å². The Bertz CT molecular complexity index is 664. The molecular weight excluding hydrogens is 346 g/mol. The van der Waals surface area contributed by atoms with Crippen LogP contribution in [0.2, 0.25) is 0 Å². The molecule has 12 nitrogen and oxygen atoms in total. The molecule has 0 aromatic rings. The molecule has 13 heteroatoms. The summed E-state index contributed by atoms with van der Waals surface area (Å²) in [6.45, 7) is 1.17. The number of nitrogens with zero attached hydrogens (tertiary/aromatic N) is 2. The van der Waals surface area contributed by atoms with Crippen molar-refractivity contribution in [1.29, 1.82) is 0 Å². The first-order chi connectivity index (χ1) is 11.3. The number of carbonyl (C=O) groups excluding carboxylic acids is 3. The van der Waals surface area contributed by atoms with Gasteiger partial charge in [-0.05, 0) is 12.8 Å². The van der Waals surface area contributed by atoms with Gasteiger partial charge in [0.15, 0.2) is 0 Å². The van der Waals surface area contributed by atoms with Crippen LogP contribution in [0.5, 0.6) is 0 Å². The predicted octanol–water partition coefficient (Wildman–Crippen LogP) is -2.64. The quantitative estimate of drug-likeness (QED) is 0.312. The van der Waals surface area contributed by atoms with Gasteiger partial charge in [-0.15, -0.1) is 4.28 Å². The number of rotatable bonds is 4. The Hall–Kier alpha value is -1.96. The zero-order valence-corrected chi connectivity index (χ0v) is 13.3. The fraction of sp³-hybridized carbons (Fsp3) is 0.727. The predicted molar refractivity (Wildman–Crippen MR) is 76.0 cm³/mol. The topological polar surface area (TPSA) is 157 Å². The van der Waals surface area contributed by atoms with Gasteiger partial charge in [0.2, 0.25) is 5.91 Å². The van der Waals surface area contributed by atoms with Crippen LogP contribution in [0.3, 0.4) is 0 Å². The first-order valence-corrected chi connectivity index (χ1v) is 8.70. The standard InChI is InChI=1S/C11H17N5O7S/c17-9(6-3-12-4-6)13-14-10(18)8-2-1-7-5-15(8)11(19)16(7)23-24(20,21)22/h6-8,12H,1-5H2,(H,13,17)(H,14,18)(H,20,21,22)/t7-,8+/m0/s1. The van der Waals surface area contributed by atoms with E-state index in [2.05, 4.69) is 20.5 Å². The van der Waals surface area contributed by atoms with Gasteiger partial charge in [-0.25, -0.2) is 4.79 Å². The third-order valence-corrected chi connectivity index (χ3v) is 4.61. The summed E-state index contributed by atoms with van der Waals surface area (Å²) in [6.07, 6.45) is 0.588. The average molecular weight is 363 g/mol. The summed E-state index contributed by atoms with van der Waals surface area (Å²) in [5, 5.41) is 3.49. The summed E-state index contributed by atoms with van der Waals surface area (Å²) in [7, 11) is -4.83. The van der Waals surface area contributed by atoms with Gasteiger partial charge in [0.1, 0.15) is 6.04 Å². The Balaban J connectivity index is 1.58. The Morgan fingerprint density at radius 3 is 2.46 bits per heavy atom. The number of amides is 4. The van der Waals surface area contributed by atoms with E-state index >= 15 is 0 Å². The molecule has 3 aliphatic heterocycles. The Labute approximate surface area is 137 Å². The van der Waals surface area contributed by atoms with Crippen LogP contribution in [0.15, 0.2) is 0 Å². The molecular formula is C11H17N5O7S. The lowest BCUT2D eigenvalue weighted by molar-refractivity contribution is -0.134. The van der Waals surface area contributed by atoms with Gasteiger partial charge in [0, 0.05) is 19.6 Å². The molecule has 0 radical (unpaired) electrons. The van der Waals surface area contributed by atoms with E-state index in [0.29, 0.717) is 24.6 Å². The number of hydrogen-bond acceptors (Lipinski definition) is 7. The monoisotopic (exact) mass is 363 g/mol. The molecule has 3 saturated heterocycles. The number of fused-ring (bicyclic) bond motifs is 2. The molecule has 0 aromatic carbocycles. The fourth-order valence-electron chi connectivity index (χ4n) is 2.89. The summed E-state index contributed by atoms with van der Waals surface area (Å²) in [5.41, 5.74) is 4.59. The molecule has 3 fully saturated rings. The largest absolute Gasteiger partial charge is 0.418 e. The summed E-state index contributed by atoms with van der Waals surface area (Å²) in [6, 6.07) is -2.26. The highest BCUT2D eigenvalue weighted by Crippen LogP contribution is 2.30. The second-order valence-electron chi connectivity index (χ2n) is 5.84. The molecule has 0 aliphatic carbocycles. The highest BCUT2D eigenvalue weighted by Gasteiger charge is 2.49. The summed E-state index contributed by atoms with van der Waals surface area (Å²) in [5.74, 6) is -1.09. The van der Waals surface area contributed by atoms with Gasteiger partial charge in [-0.3, -0.25) is 25.0 Å². The van der Waals surface area contributed by atoms with E-state index in [0.717, 1.165) is 4.90 Å². The molecule has 4 N–H and O–H groups in total. The SMILES string of the molecule is O=C(NNC(=O)[C@H]1CC[C@H]2CN1C(=O)N2OS(=O)(=O)O)C1CNC1. The van der Waals surface area contributed by atoms with E-state index in [4.69, 9.17) is 4.55 Å². The van der Waals surface area contributed by atoms with Crippen molar-refractivity contribution in [3.05, 3.63) is 0 Å². The molecule has 3 aliphatic rings. The third kappa shape index (κ3) is 3.28. The van der Waals surface area contributed by atoms with Crippen molar-refractivity contribution in [2.45, 2.75) is 24.9 Å². The van der Waals surface area contributed by atoms with Crippen molar-refractivity contribution in [3.8, 4) is 0 Å². The van der Waals surface area contributed by atoms with Crippen LogP contribution >= 0.6 is 0 Å². The highest BCUT2D eigenvalue weighted by atomic mass is 32.3. The van der Waals surface area contributed by atoms with Crippen molar-refractivity contribution >= 4 is 28.2 Å². The molecule has 0 unspecified atom stereocenters. The minimum absolute atomic E-state index is 0.0902. The van der Waals surface area contributed by atoms with E-state index in [1.807, 2.05) is 0 Å². The first kappa shape index (κ1) is 16.9. The van der Waals surface area contributed by atoms with Crippen molar-refractivity contribution in [3.63, 3.8) is 0 Å². The van der Waals surface area contributed by atoms with Crippen molar-refractivity contribution in [2.75, 3.05) is 19.6 Å². The van der Waals surface area contributed by atoms with E-state index in [-0.39, 0.29) is 24.8 Å². The van der Waals surface area contributed by atoms with Crippen LogP contribution < -0.4 is 16.2 Å². The summed E-state index contributed by atoms with van der Waals surface area (Å²) in [4.78, 5) is 37.2. The Morgan fingerprint density at radius 1 is 1.21 bits per heavy atom. The third-order valence-electron chi connectivity index (χ3n) is 4.26. The Morgan fingerprint density at radius 2 is 1.88 bits per heavy atom. The number of hydroxylamine groups is 2. The number of hydrazine groups is 1. The minimum Gasteiger partial charge on any atom is -0.315 e. The van der Waals surface area contributed by atoms with Gasteiger partial charge in [-0.2, -0.15) is 13.5 Å². The molecule has 24 heavy (non-hydrogen) atoms. The molecule has 0 saturated carbocycles. The number of urea groups is 1. The smallest absolute Gasteiger partial charge is 0.315 e. The molecule has 3 heterocycles. The zero-order valence-electron chi connectivity index (χ0n) is 12.5. The van der Waals surface area contributed by atoms with Crippen molar-refractivity contribution < 1.29 is 31.6 Å². The van der Waals surface area contributed by atoms with Gasteiger partial charge in [0.05, 0.1) is 12.0 Å². The molecule has 4 amide bonds. The van der Waals surface area contributed by atoms with Crippen LogP contribution in [0.1, 0.15) is 12.8 Å². The number of hydrogen-bond donors (Lipinski definition) is 4. The molecule has 0 spiro atoms. The molecule has 0 aromatic heterocycles. The van der Waals surface area contributed by atoms with Crippen molar-refractivity contribution in [2.24, 2.45) is 5.92 Å². The maximum absolute atomic E-state index is 12.2. The second-order valence-corrected chi connectivity index (χ2v) is 6.85. The number of piperidine rings is 1. The summed E-state index contributed by atoms with van der Waals surface area (Å²) < 4.78 is 34.6. The lowest BCUT2D eigenvalue weighted by Crippen LogP contribution is -2.58. The average Bonchev–Trinajstić information content (AvgIpc) is 2.67. The number of nitrogens with one attached hydrogen (secondary N) is 3. The van der Waals surface area contributed by atoms with Crippen LogP contribution in [0, 0.1) is 5.92 Å². The minimum atomic E-state index is -4.83. The first-order valence-electron chi connectivity index (χ1n) is 7.33. The maximum Gasteiger partial charge on any atom is 0.418 e. The second kappa shape index (κ2) is 6.16. The zero-order chi connectivity index (χ0) is 17.5. The maximum atomic E-state index is 12.2. The number of carbonyl (C=O) groups is 3. The van der Waals surface area contributed by atoms with Crippen LogP contribution in [-0.4, -0.2) is 72.5 Å². The lowest BCUT2D eigenvalue weighted by Gasteiger charge is -2.30. The fourth-order valence-corrected chi connectivity index (χ4v) is 3.28. The van der Waals surface area contributed by atoms with E-state index < -0.39 is 34.4 Å². The van der Waals surface area contributed by atoms with Gasteiger partial charge in [-0.1, -0.05) is 0 Å². The highest BCUT2D eigenvalue weighted by molar-refractivity contribution is 7.80. The van der Waals surface area contributed by atoms with Crippen LogP contribution in [-0.2, 0) is 24.3 Å². The van der Waals surface area contributed by atoms with E-state index in [1.165, 1.54) is 0 Å². The van der Waals surface area contributed by atoms with Crippen molar-refractivity contribution in [1.82, 2.24) is 26.1 Å². The molecule has 2 bridgehead atoms. The molecule has 2 atom stereocenters. The van der Waals surface area contributed by atoms with E-state index in [1.54, 1.807) is 0 Å². The van der Waals surface area contributed by atoms with Crippen LogP contribution in [0.4, 0.5) is 4.79 Å².